The first-order valence-electron chi connectivity index (χ1n) is 14.6. The van der Waals surface area contributed by atoms with Gasteiger partial charge in [0, 0.05) is 31.0 Å². The number of fused-ring (bicyclic) bond motifs is 1. The highest BCUT2D eigenvalue weighted by atomic mass is 16.6. The minimum Gasteiger partial charge on any atom is -0.475 e. The molecule has 2 fully saturated rings. The van der Waals surface area contributed by atoms with Crippen molar-refractivity contribution in [3.8, 4) is 0 Å². The summed E-state index contributed by atoms with van der Waals surface area (Å²) >= 11 is 0. The van der Waals surface area contributed by atoms with Gasteiger partial charge in [-0.25, -0.2) is 4.79 Å². The number of rotatable bonds is 5. The molecule has 40 heavy (non-hydrogen) atoms. The Morgan fingerprint density at radius 2 is 1.75 bits per heavy atom. The van der Waals surface area contributed by atoms with Gasteiger partial charge >= 0.3 is 6.09 Å². The molecule has 0 spiro atoms. The summed E-state index contributed by atoms with van der Waals surface area (Å²) in [6, 6.07) is 16.4. The third-order valence-electron chi connectivity index (χ3n) is 7.62. The fraction of sp³-hybridized carbons (Fsp3) is 0.500. The third-order valence-corrected chi connectivity index (χ3v) is 7.62. The van der Waals surface area contributed by atoms with E-state index in [1.54, 1.807) is 4.90 Å². The van der Waals surface area contributed by atoms with Gasteiger partial charge in [0.05, 0.1) is 0 Å². The predicted molar refractivity (Wildman–Crippen MR) is 165 cm³/mol. The number of carbonyl (C=O) groups excluding carboxylic acids is 1. The maximum absolute atomic E-state index is 12.2. The normalized spacial score (nSPS) is 17.0. The first-order chi connectivity index (χ1) is 18.9. The number of hydrogen-bond acceptors (Lipinski definition) is 5. The summed E-state index contributed by atoms with van der Waals surface area (Å²) in [6.07, 6.45) is 7.26. The molecule has 0 bridgehead atoms. The highest BCUT2D eigenvalue weighted by Crippen LogP contribution is 2.47. The van der Waals surface area contributed by atoms with Crippen molar-refractivity contribution >= 4 is 11.8 Å². The monoisotopic (exact) mass is 547 g/mol. The zero-order valence-electron chi connectivity index (χ0n) is 25.3. The average molecular weight is 548 g/mol. The van der Waals surface area contributed by atoms with Crippen molar-refractivity contribution in [1.29, 1.82) is 0 Å². The summed E-state index contributed by atoms with van der Waals surface area (Å²) in [5, 5.41) is 0. The fourth-order valence-corrected chi connectivity index (χ4v) is 4.55. The van der Waals surface area contributed by atoms with Crippen molar-refractivity contribution in [2.24, 2.45) is 11.1 Å². The maximum Gasteiger partial charge on any atom is 0.410 e. The van der Waals surface area contributed by atoms with E-state index in [-0.39, 0.29) is 12.0 Å². The molecule has 5 rings (SSSR count). The second kappa shape index (κ2) is 13.8. The van der Waals surface area contributed by atoms with E-state index in [0.29, 0.717) is 19.7 Å². The van der Waals surface area contributed by atoms with Crippen molar-refractivity contribution in [1.82, 2.24) is 4.90 Å². The SMILES string of the molecule is C=C(N)OCc1ccccc1.C=C1CCCN1c1ccc2c(c1)CCN(C(=O)OC(C)(C)C)C2.CCC1(C)CC1. The van der Waals surface area contributed by atoms with E-state index >= 15 is 0 Å². The number of ether oxygens (including phenoxy) is 2. The Balaban J connectivity index is 0.000000213. The quantitative estimate of drug-likeness (QED) is 0.385. The van der Waals surface area contributed by atoms with Crippen LogP contribution in [0, 0.1) is 5.41 Å². The molecule has 1 aliphatic carbocycles. The van der Waals surface area contributed by atoms with Gasteiger partial charge in [-0.1, -0.05) is 63.2 Å². The van der Waals surface area contributed by atoms with Crippen molar-refractivity contribution in [2.45, 2.75) is 91.9 Å². The Morgan fingerprint density at radius 1 is 1.05 bits per heavy atom. The molecule has 0 unspecified atom stereocenters. The van der Waals surface area contributed by atoms with Crippen LogP contribution in [0.1, 0.15) is 83.4 Å². The van der Waals surface area contributed by atoms with E-state index in [9.17, 15) is 4.79 Å². The van der Waals surface area contributed by atoms with Crippen molar-refractivity contribution in [2.75, 3.05) is 18.0 Å². The lowest BCUT2D eigenvalue weighted by Gasteiger charge is -2.32. The zero-order valence-corrected chi connectivity index (χ0v) is 25.3. The minimum atomic E-state index is -0.447. The van der Waals surface area contributed by atoms with E-state index < -0.39 is 5.60 Å². The Labute approximate surface area is 241 Å². The van der Waals surface area contributed by atoms with E-state index in [1.165, 1.54) is 48.2 Å². The van der Waals surface area contributed by atoms with Gasteiger partial charge in [0.25, 0.3) is 0 Å². The first-order valence-corrected chi connectivity index (χ1v) is 14.6. The minimum absolute atomic E-state index is 0.222. The second-order valence-electron chi connectivity index (χ2n) is 12.3. The van der Waals surface area contributed by atoms with Gasteiger partial charge in [0.2, 0.25) is 0 Å². The Kier molecular flexibility index (Phi) is 10.7. The highest BCUT2D eigenvalue weighted by Gasteiger charge is 2.34. The lowest BCUT2D eigenvalue weighted by molar-refractivity contribution is 0.0224. The van der Waals surface area contributed by atoms with Gasteiger partial charge in [0.15, 0.2) is 5.88 Å². The fourth-order valence-electron chi connectivity index (χ4n) is 4.55. The molecule has 2 aromatic rings. The average Bonchev–Trinajstić information content (AvgIpc) is 3.52. The lowest BCUT2D eigenvalue weighted by Crippen LogP contribution is -2.39. The Morgan fingerprint density at radius 3 is 2.27 bits per heavy atom. The molecule has 0 atom stereocenters. The lowest BCUT2D eigenvalue weighted by atomic mass is 9.99. The summed E-state index contributed by atoms with van der Waals surface area (Å²) in [5.41, 5.74) is 11.7. The molecule has 0 radical (unpaired) electrons. The Bertz CT molecular complexity index is 1150. The van der Waals surface area contributed by atoms with Crippen LogP contribution in [0.3, 0.4) is 0 Å². The molecule has 2 heterocycles. The van der Waals surface area contributed by atoms with Crippen molar-refractivity contribution in [3.63, 3.8) is 0 Å². The number of nitrogens with two attached hydrogens (primary N) is 1. The molecule has 3 aliphatic rings. The van der Waals surface area contributed by atoms with E-state index in [1.807, 2.05) is 51.1 Å². The van der Waals surface area contributed by atoms with Gasteiger partial charge in [-0.2, -0.15) is 0 Å². The highest BCUT2D eigenvalue weighted by molar-refractivity contribution is 5.69. The summed E-state index contributed by atoms with van der Waals surface area (Å²) < 4.78 is 10.5. The number of anilines is 1. The smallest absolute Gasteiger partial charge is 0.410 e. The number of nitrogens with zero attached hydrogens (tertiary/aromatic N) is 2. The summed E-state index contributed by atoms with van der Waals surface area (Å²) in [7, 11) is 0. The van der Waals surface area contributed by atoms with Crippen LogP contribution in [0.15, 0.2) is 73.3 Å². The van der Waals surface area contributed by atoms with Gasteiger partial charge in [0.1, 0.15) is 12.2 Å². The van der Waals surface area contributed by atoms with E-state index in [4.69, 9.17) is 15.2 Å². The summed E-state index contributed by atoms with van der Waals surface area (Å²) in [5.74, 6) is 0.258. The van der Waals surface area contributed by atoms with Crippen LogP contribution in [-0.2, 0) is 29.0 Å². The summed E-state index contributed by atoms with van der Waals surface area (Å²) in [4.78, 5) is 16.3. The molecule has 1 saturated carbocycles. The summed E-state index contributed by atoms with van der Waals surface area (Å²) in [6.45, 7) is 20.8. The van der Waals surface area contributed by atoms with Crippen LogP contribution < -0.4 is 10.6 Å². The van der Waals surface area contributed by atoms with Crippen LogP contribution in [0.5, 0.6) is 0 Å². The van der Waals surface area contributed by atoms with Crippen LogP contribution in [0.25, 0.3) is 0 Å². The Hall–Kier alpha value is -3.41. The van der Waals surface area contributed by atoms with E-state index in [2.05, 4.69) is 50.1 Å². The number of benzene rings is 2. The van der Waals surface area contributed by atoms with Crippen molar-refractivity contribution in [3.05, 3.63) is 90.0 Å². The zero-order chi connectivity index (χ0) is 29.3. The third kappa shape index (κ3) is 9.96. The van der Waals surface area contributed by atoms with Crippen LogP contribution >= 0.6 is 0 Å². The van der Waals surface area contributed by atoms with E-state index in [0.717, 1.165) is 30.4 Å². The van der Waals surface area contributed by atoms with Crippen molar-refractivity contribution < 1.29 is 14.3 Å². The number of carbonyl (C=O) groups is 1. The molecule has 1 saturated heterocycles. The number of allylic oxidation sites excluding steroid dienone is 1. The molecule has 1 amide bonds. The van der Waals surface area contributed by atoms with Crippen LogP contribution in [-0.4, -0.2) is 29.7 Å². The second-order valence-corrected chi connectivity index (χ2v) is 12.3. The predicted octanol–water partition coefficient (Wildman–Crippen LogP) is 7.92. The van der Waals surface area contributed by atoms with Gasteiger partial charge < -0.3 is 25.0 Å². The first kappa shape index (κ1) is 31.1. The van der Waals surface area contributed by atoms with Gasteiger partial charge in [-0.05, 0) is 93.7 Å². The molecule has 2 aromatic carbocycles. The molecular formula is C34H49N3O3. The van der Waals surface area contributed by atoms with Gasteiger partial charge in [-0.3, -0.25) is 0 Å². The van der Waals surface area contributed by atoms with Crippen LogP contribution in [0.4, 0.5) is 10.5 Å². The molecule has 6 nitrogen and oxygen atoms in total. The molecule has 6 heteroatoms. The molecule has 2 aliphatic heterocycles. The number of amides is 1. The topological polar surface area (TPSA) is 68.0 Å². The van der Waals surface area contributed by atoms with Gasteiger partial charge in [-0.15, -0.1) is 0 Å². The largest absolute Gasteiger partial charge is 0.475 e. The maximum atomic E-state index is 12.2. The number of hydrogen-bond donors (Lipinski definition) is 1. The molecule has 0 aromatic heterocycles. The standard InChI is InChI=1S/C19H26N2O2.C9H11NO.C6H12/c1-14-6-5-10-21(14)17-8-7-16-13-20(11-9-15(16)12-17)18(22)23-19(2,3)4;1-8(10)11-7-9-5-3-2-4-6-9;1-3-6(2)4-5-6/h7-8,12H,1,5-6,9-11,13H2,2-4H3;2-6H,1,7,10H2;3-5H2,1-2H3. The molecule has 218 valence electrons. The molecule has 2 N–H and O–H groups in total. The molecular weight excluding hydrogens is 498 g/mol. The van der Waals surface area contributed by atoms with Crippen LogP contribution in [0.2, 0.25) is 0 Å².